The van der Waals surface area contributed by atoms with Gasteiger partial charge in [-0.2, -0.15) is 13.2 Å². The summed E-state index contributed by atoms with van der Waals surface area (Å²) in [6.07, 6.45) is -5.45. The van der Waals surface area contributed by atoms with Crippen molar-refractivity contribution in [3.63, 3.8) is 0 Å². The van der Waals surface area contributed by atoms with E-state index in [-0.39, 0.29) is 13.2 Å². The molecule has 100 valence electrons. The number of benzene rings is 1. The Balaban J connectivity index is 2.28. The number of ether oxygens (including phenoxy) is 2. The quantitative estimate of drug-likeness (QED) is 0.791. The van der Waals surface area contributed by atoms with Gasteiger partial charge in [0.1, 0.15) is 5.38 Å². The predicted molar refractivity (Wildman–Crippen MR) is 60.6 cm³/mol. The van der Waals surface area contributed by atoms with Gasteiger partial charge >= 0.3 is 6.18 Å². The topological polar surface area (TPSA) is 18.5 Å². The van der Waals surface area contributed by atoms with Crippen LogP contribution in [-0.2, 0) is 9.47 Å². The molecule has 2 atom stereocenters. The van der Waals surface area contributed by atoms with Crippen LogP contribution in [0.2, 0.25) is 0 Å². The van der Waals surface area contributed by atoms with Gasteiger partial charge in [-0.25, -0.2) is 0 Å². The summed E-state index contributed by atoms with van der Waals surface area (Å²) in [6.45, 7) is 0.574. The molecule has 1 heterocycles. The Morgan fingerprint density at radius 3 is 2.17 bits per heavy atom. The first-order valence-corrected chi connectivity index (χ1v) is 5.93. The van der Waals surface area contributed by atoms with E-state index in [1.54, 1.807) is 30.3 Å². The van der Waals surface area contributed by atoms with Crippen molar-refractivity contribution in [2.75, 3.05) is 13.2 Å². The maximum atomic E-state index is 12.8. The minimum absolute atomic E-state index is 0.287. The zero-order valence-corrected chi connectivity index (χ0v) is 10.1. The lowest BCUT2D eigenvalue weighted by Gasteiger charge is -2.28. The molecule has 2 nitrogen and oxygen atoms in total. The van der Waals surface area contributed by atoms with Gasteiger partial charge in [-0.15, -0.1) is 11.6 Å². The fourth-order valence-electron chi connectivity index (χ4n) is 1.93. The van der Waals surface area contributed by atoms with E-state index >= 15 is 0 Å². The number of hydrogen-bond donors (Lipinski definition) is 0. The lowest BCUT2D eigenvalue weighted by molar-refractivity contribution is -0.156. The van der Waals surface area contributed by atoms with Crippen LogP contribution < -0.4 is 0 Å². The Hall–Kier alpha value is -0.780. The van der Waals surface area contributed by atoms with Crippen LogP contribution in [0, 0.1) is 0 Å². The van der Waals surface area contributed by atoms with Crippen molar-refractivity contribution >= 4 is 11.6 Å². The highest BCUT2D eigenvalue weighted by atomic mass is 35.5. The van der Waals surface area contributed by atoms with Crippen LogP contribution in [0.25, 0.3) is 0 Å². The summed E-state index contributed by atoms with van der Waals surface area (Å²) in [6, 6.07) is 8.25. The van der Waals surface area contributed by atoms with Crippen LogP contribution in [0.3, 0.4) is 0 Å². The second-order valence-electron chi connectivity index (χ2n) is 3.99. The Kier molecular flexibility index (Phi) is 4.14. The van der Waals surface area contributed by atoms with Gasteiger partial charge in [-0.1, -0.05) is 30.3 Å². The van der Waals surface area contributed by atoms with Crippen molar-refractivity contribution in [2.24, 2.45) is 0 Å². The average Bonchev–Trinajstić information content (AvgIpc) is 2.83. The lowest BCUT2D eigenvalue weighted by Crippen LogP contribution is -2.37. The van der Waals surface area contributed by atoms with Crippen molar-refractivity contribution in [1.82, 2.24) is 0 Å². The van der Waals surface area contributed by atoms with E-state index in [0.29, 0.717) is 5.56 Å². The van der Waals surface area contributed by atoms with Gasteiger partial charge in [0.05, 0.1) is 19.1 Å². The molecular weight excluding hydrogens is 269 g/mol. The van der Waals surface area contributed by atoms with Gasteiger partial charge in [0.2, 0.25) is 0 Å². The number of rotatable bonds is 3. The molecule has 0 amide bonds. The molecule has 2 rings (SSSR count). The second kappa shape index (κ2) is 5.47. The Labute approximate surface area is 108 Å². The second-order valence-corrected chi connectivity index (χ2v) is 4.46. The molecular formula is C12H12ClF3O2. The fraction of sp³-hybridized carbons (Fsp3) is 0.500. The normalized spacial score (nSPS) is 20.9. The highest BCUT2D eigenvalue weighted by Crippen LogP contribution is 2.40. The molecule has 1 fully saturated rings. The Morgan fingerprint density at radius 1 is 1.11 bits per heavy atom. The highest BCUT2D eigenvalue weighted by molar-refractivity contribution is 6.21. The molecule has 1 saturated heterocycles. The molecule has 18 heavy (non-hydrogen) atoms. The Bertz CT molecular complexity index is 377. The molecule has 0 N–H and O–H groups in total. The van der Waals surface area contributed by atoms with Gasteiger partial charge in [0.15, 0.2) is 6.29 Å². The summed E-state index contributed by atoms with van der Waals surface area (Å²) in [4.78, 5) is 0. The van der Waals surface area contributed by atoms with E-state index in [1.807, 2.05) is 0 Å². The zero-order chi connectivity index (χ0) is 13.2. The molecule has 2 unspecified atom stereocenters. The zero-order valence-electron chi connectivity index (χ0n) is 9.36. The predicted octanol–water partition coefficient (Wildman–Crippen LogP) is 3.31. The van der Waals surface area contributed by atoms with Gasteiger partial charge in [0, 0.05) is 0 Å². The number of halogens is 4. The third-order valence-electron chi connectivity index (χ3n) is 2.75. The molecule has 1 aromatic rings. The monoisotopic (exact) mass is 280 g/mol. The van der Waals surface area contributed by atoms with Gasteiger partial charge in [-0.3, -0.25) is 0 Å². The molecule has 0 saturated carbocycles. The van der Waals surface area contributed by atoms with Crippen LogP contribution in [0.4, 0.5) is 13.2 Å². The summed E-state index contributed by atoms with van der Waals surface area (Å²) in [5, 5.41) is -2.04. The van der Waals surface area contributed by atoms with E-state index in [4.69, 9.17) is 21.1 Å². The van der Waals surface area contributed by atoms with Crippen LogP contribution in [-0.4, -0.2) is 31.1 Å². The van der Waals surface area contributed by atoms with Crippen molar-refractivity contribution in [3.05, 3.63) is 35.9 Å². The van der Waals surface area contributed by atoms with Crippen LogP contribution in [0.15, 0.2) is 30.3 Å². The Morgan fingerprint density at radius 2 is 1.67 bits per heavy atom. The first-order valence-electron chi connectivity index (χ1n) is 5.49. The summed E-state index contributed by atoms with van der Waals surface area (Å²) < 4.78 is 48.7. The van der Waals surface area contributed by atoms with E-state index in [2.05, 4.69) is 0 Å². The van der Waals surface area contributed by atoms with Crippen molar-refractivity contribution in [1.29, 1.82) is 0 Å². The van der Waals surface area contributed by atoms with Crippen LogP contribution in [0.1, 0.15) is 11.5 Å². The third kappa shape index (κ3) is 2.96. The van der Waals surface area contributed by atoms with E-state index in [1.165, 1.54) is 0 Å². The average molecular weight is 281 g/mol. The smallest absolute Gasteiger partial charge is 0.350 e. The van der Waals surface area contributed by atoms with Crippen molar-refractivity contribution in [3.8, 4) is 0 Å². The molecule has 0 radical (unpaired) electrons. The summed E-state index contributed by atoms with van der Waals surface area (Å²) in [5.41, 5.74) is 0.460. The standard InChI is InChI=1S/C12H12ClF3O2/c13-10(12(14,15)16)9(11-17-6-7-18-11)8-4-2-1-3-5-8/h1-5,9-11H,6-7H2. The minimum Gasteiger partial charge on any atom is -0.350 e. The van der Waals surface area contributed by atoms with Crippen molar-refractivity contribution < 1.29 is 22.6 Å². The molecule has 1 aliphatic heterocycles. The summed E-state index contributed by atoms with van der Waals surface area (Å²) in [7, 11) is 0. The van der Waals surface area contributed by atoms with Crippen LogP contribution in [0.5, 0.6) is 0 Å². The maximum Gasteiger partial charge on any atom is 0.405 e. The molecule has 0 aliphatic carbocycles. The molecule has 6 heteroatoms. The van der Waals surface area contributed by atoms with Crippen LogP contribution >= 0.6 is 11.6 Å². The first-order chi connectivity index (χ1) is 8.50. The van der Waals surface area contributed by atoms with Gasteiger partial charge in [0.25, 0.3) is 0 Å². The SMILES string of the molecule is FC(F)(F)C(Cl)C(c1ccccc1)C1OCCO1. The fourth-order valence-corrected chi connectivity index (χ4v) is 2.19. The molecule has 0 aromatic heterocycles. The minimum atomic E-state index is -4.50. The van der Waals surface area contributed by atoms with Gasteiger partial charge < -0.3 is 9.47 Å². The summed E-state index contributed by atoms with van der Waals surface area (Å²) in [5.74, 6) is -1.06. The third-order valence-corrected chi connectivity index (χ3v) is 3.27. The molecule has 0 bridgehead atoms. The molecule has 1 aliphatic rings. The van der Waals surface area contributed by atoms with E-state index in [0.717, 1.165) is 0 Å². The van der Waals surface area contributed by atoms with Crippen molar-refractivity contribution in [2.45, 2.75) is 23.8 Å². The van der Waals surface area contributed by atoms with E-state index in [9.17, 15) is 13.2 Å². The van der Waals surface area contributed by atoms with Gasteiger partial charge in [-0.05, 0) is 5.56 Å². The number of hydrogen-bond acceptors (Lipinski definition) is 2. The summed E-state index contributed by atoms with van der Waals surface area (Å²) >= 11 is 5.55. The number of alkyl halides is 4. The largest absolute Gasteiger partial charge is 0.405 e. The molecule has 1 aromatic carbocycles. The maximum absolute atomic E-state index is 12.8. The molecule has 0 spiro atoms. The van der Waals surface area contributed by atoms with E-state index < -0.39 is 23.8 Å². The highest BCUT2D eigenvalue weighted by Gasteiger charge is 2.48. The first kappa shape index (κ1) is 13.6. The lowest BCUT2D eigenvalue weighted by atomic mass is 9.94.